The van der Waals surface area contributed by atoms with E-state index < -0.39 is 0 Å². The molecular weight excluding hydrogens is 398 g/mol. The van der Waals surface area contributed by atoms with Crippen LogP contribution in [0.2, 0.25) is 5.02 Å². The Morgan fingerprint density at radius 1 is 0.840 bits per heavy atom. The van der Waals surface area contributed by atoms with Crippen molar-refractivity contribution in [2.75, 3.05) is 0 Å². The van der Waals surface area contributed by atoms with E-state index in [-0.39, 0.29) is 0 Å². The number of benzene rings is 3. The lowest BCUT2D eigenvalue weighted by Crippen LogP contribution is -2.03. The Kier molecular flexibility index (Phi) is 4.43. The van der Waals surface area contributed by atoms with E-state index in [0.717, 1.165) is 37.8 Å². The van der Waals surface area contributed by atoms with Gasteiger partial charge in [-0.2, -0.15) is 0 Å². The molecule has 2 nitrogen and oxygen atoms in total. The quantitative estimate of drug-likeness (QED) is 0.359. The van der Waals surface area contributed by atoms with Crippen LogP contribution in [0.4, 0.5) is 5.69 Å². The summed E-state index contributed by atoms with van der Waals surface area (Å²) in [6, 6.07) is 25.4. The average Bonchev–Trinajstić information content (AvgIpc) is 2.63. The molecule has 4 heteroatoms. The second-order valence-corrected chi connectivity index (χ2v) is 6.95. The lowest BCUT2D eigenvalue weighted by Gasteiger charge is -2.05. The van der Waals surface area contributed by atoms with E-state index in [1.807, 2.05) is 78.9 Å². The summed E-state index contributed by atoms with van der Waals surface area (Å²) in [5.74, 6) is 0.774. The van der Waals surface area contributed by atoms with Gasteiger partial charge in [-0.3, -0.25) is 0 Å². The molecule has 0 spiro atoms. The van der Waals surface area contributed by atoms with Gasteiger partial charge in [0, 0.05) is 26.5 Å². The van der Waals surface area contributed by atoms with Gasteiger partial charge in [0.2, 0.25) is 0 Å². The monoisotopic (exact) mass is 409 g/mol. The maximum Gasteiger partial charge on any atom is 0.136 e. The molecule has 0 aliphatic rings. The van der Waals surface area contributed by atoms with Crippen molar-refractivity contribution in [3.05, 3.63) is 93.7 Å². The second kappa shape index (κ2) is 6.87. The van der Waals surface area contributed by atoms with E-state index >= 15 is 0 Å². The number of hydrogen-bond acceptors (Lipinski definition) is 2. The van der Waals surface area contributed by atoms with Gasteiger partial charge in [0.1, 0.15) is 11.3 Å². The molecule has 0 amide bonds. The predicted octanol–water partition coefficient (Wildman–Crippen LogP) is 6.75. The molecule has 25 heavy (non-hydrogen) atoms. The van der Waals surface area contributed by atoms with Crippen molar-refractivity contribution in [2.24, 2.45) is 4.99 Å². The third kappa shape index (κ3) is 3.53. The lowest BCUT2D eigenvalue weighted by atomic mass is 10.1. The summed E-state index contributed by atoms with van der Waals surface area (Å²) < 4.78 is 7.08. The molecular formula is C21H13BrClNO. The van der Waals surface area contributed by atoms with Crippen molar-refractivity contribution in [2.45, 2.75) is 0 Å². The van der Waals surface area contributed by atoms with Crippen LogP contribution in [0.1, 0.15) is 0 Å². The van der Waals surface area contributed by atoms with E-state index in [1.54, 1.807) is 0 Å². The highest BCUT2D eigenvalue weighted by molar-refractivity contribution is 9.10. The number of hydrogen-bond donors (Lipinski definition) is 0. The summed E-state index contributed by atoms with van der Waals surface area (Å²) in [5.41, 5.74) is 2.60. The van der Waals surface area contributed by atoms with Gasteiger partial charge in [-0.15, -0.1) is 0 Å². The van der Waals surface area contributed by atoms with Gasteiger partial charge in [-0.25, -0.2) is 4.99 Å². The maximum atomic E-state index is 6.10. The molecule has 0 fully saturated rings. The van der Waals surface area contributed by atoms with Crippen LogP contribution in [0.3, 0.4) is 0 Å². The smallest absolute Gasteiger partial charge is 0.136 e. The first kappa shape index (κ1) is 16.1. The first-order valence-electron chi connectivity index (χ1n) is 7.78. The van der Waals surface area contributed by atoms with Gasteiger partial charge < -0.3 is 4.42 Å². The molecule has 0 saturated heterocycles. The fourth-order valence-electron chi connectivity index (χ4n) is 2.66. The van der Waals surface area contributed by atoms with Gasteiger partial charge in [0.25, 0.3) is 0 Å². The van der Waals surface area contributed by atoms with E-state index in [9.17, 15) is 0 Å². The molecule has 0 saturated carbocycles. The predicted molar refractivity (Wildman–Crippen MR) is 106 cm³/mol. The zero-order valence-electron chi connectivity index (χ0n) is 13.1. The Morgan fingerprint density at radius 2 is 1.68 bits per heavy atom. The highest BCUT2D eigenvalue weighted by Gasteiger charge is 2.06. The molecule has 0 radical (unpaired) electrons. The highest BCUT2D eigenvalue weighted by Crippen LogP contribution is 2.25. The summed E-state index contributed by atoms with van der Waals surface area (Å²) in [5, 5.41) is 2.44. The van der Waals surface area contributed by atoms with Crippen molar-refractivity contribution in [1.82, 2.24) is 0 Å². The topological polar surface area (TPSA) is 25.5 Å². The lowest BCUT2D eigenvalue weighted by molar-refractivity contribution is 0.618. The molecule has 4 aromatic rings. The van der Waals surface area contributed by atoms with Gasteiger partial charge in [-0.1, -0.05) is 63.9 Å². The van der Waals surface area contributed by atoms with Crippen molar-refractivity contribution in [3.63, 3.8) is 0 Å². The summed E-state index contributed by atoms with van der Waals surface area (Å²) in [7, 11) is 0. The van der Waals surface area contributed by atoms with Gasteiger partial charge >= 0.3 is 0 Å². The molecule has 0 aliphatic heterocycles. The Hall–Kier alpha value is -2.36. The minimum absolute atomic E-state index is 0.663. The van der Waals surface area contributed by atoms with Crippen LogP contribution in [-0.4, -0.2) is 0 Å². The first-order valence-corrected chi connectivity index (χ1v) is 8.95. The molecule has 1 aromatic heterocycles. The molecule has 0 N–H and O–H groups in total. The third-order valence-corrected chi connectivity index (χ3v) is 4.55. The van der Waals surface area contributed by atoms with Crippen molar-refractivity contribution in [1.29, 1.82) is 0 Å². The first-order chi connectivity index (χ1) is 12.2. The standard InChI is InChI=1S/C21H13BrClNO/c22-15-9-10-20-18(11-15)19(24-17-8-4-7-16(23)12-17)13-21(25-20)14-5-2-1-3-6-14/h1-13H. The molecule has 0 aliphatic carbocycles. The zero-order valence-corrected chi connectivity index (χ0v) is 15.5. The zero-order chi connectivity index (χ0) is 17.2. The van der Waals surface area contributed by atoms with Crippen molar-refractivity contribution < 1.29 is 4.42 Å². The maximum absolute atomic E-state index is 6.10. The van der Waals surface area contributed by atoms with E-state index in [4.69, 9.17) is 21.0 Å². The van der Waals surface area contributed by atoms with Gasteiger partial charge in [0.05, 0.1) is 11.0 Å². The normalized spacial score (nSPS) is 11.8. The van der Waals surface area contributed by atoms with Crippen LogP contribution in [-0.2, 0) is 0 Å². The average molecular weight is 411 g/mol. The van der Waals surface area contributed by atoms with Crippen molar-refractivity contribution >= 4 is 44.2 Å². The molecule has 0 unspecified atom stereocenters. The molecule has 0 bridgehead atoms. The summed E-state index contributed by atoms with van der Waals surface area (Å²) in [6.07, 6.45) is 0. The van der Waals surface area contributed by atoms with Crippen LogP contribution in [0.25, 0.3) is 22.3 Å². The van der Waals surface area contributed by atoms with Crippen LogP contribution in [0.15, 0.2) is 92.7 Å². The summed E-state index contributed by atoms with van der Waals surface area (Å²) >= 11 is 9.62. The number of halogens is 2. The largest absolute Gasteiger partial charge is 0.456 e. The van der Waals surface area contributed by atoms with E-state index in [2.05, 4.69) is 15.9 Å². The van der Waals surface area contributed by atoms with Crippen LogP contribution in [0, 0.1) is 0 Å². The highest BCUT2D eigenvalue weighted by atomic mass is 79.9. The Balaban J connectivity index is 2.02. The summed E-state index contributed by atoms with van der Waals surface area (Å²) in [6.45, 7) is 0. The van der Waals surface area contributed by atoms with Crippen LogP contribution < -0.4 is 5.36 Å². The summed E-state index contributed by atoms with van der Waals surface area (Å²) in [4.78, 5) is 4.79. The minimum atomic E-state index is 0.663. The molecule has 4 rings (SSSR count). The minimum Gasteiger partial charge on any atom is -0.456 e. The van der Waals surface area contributed by atoms with Gasteiger partial charge in [0.15, 0.2) is 0 Å². The second-order valence-electron chi connectivity index (χ2n) is 5.59. The van der Waals surface area contributed by atoms with E-state index in [1.165, 1.54) is 0 Å². The number of fused-ring (bicyclic) bond motifs is 1. The van der Waals surface area contributed by atoms with Crippen molar-refractivity contribution in [3.8, 4) is 11.3 Å². The SMILES string of the molecule is Clc1cccc(N=c2cc(-c3ccccc3)oc3ccc(Br)cc23)c1. The number of nitrogens with zero attached hydrogens (tertiary/aromatic N) is 1. The fourth-order valence-corrected chi connectivity index (χ4v) is 3.21. The Labute approximate surface area is 158 Å². The van der Waals surface area contributed by atoms with E-state index in [0.29, 0.717) is 5.02 Å². The Bertz CT molecular complexity index is 1120. The number of rotatable bonds is 2. The molecule has 122 valence electrons. The molecule has 0 atom stereocenters. The fraction of sp³-hybridized carbons (Fsp3) is 0. The molecule has 3 aromatic carbocycles. The third-order valence-electron chi connectivity index (χ3n) is 3.82. The van der Waals surface area contributed by atoms with Crippen LogP contribution >= 0.6 is 27.5 Å². The van der Waals surface area contributed by atoms with Crippen LogP contribution in [0.5, 0.6) is 0 Å². The van der Waals surface area contributed by atoms with Gasteiger partial charge in [-0.05, 0) is 36.4 Å². The Morgan fingerprint density at radius 3 is 2.48 bits per heavy atom. The molecule has 1 heterocycles.